The molecule has 3 heterocycles. The lowest BCUT2D eigenvalue weighted by Gasteiger charge is -2.06. The van der Waals surface area contributed by atoms with Gasteiger partial charge in [0.05, 0.1) is 20.2 Å². The summed E-state index contributed by atoms with van der Waals surface area (Å²) in [6.45, 7) is 0.917. The van der Waals surface area contributed by atoms with Gasteiger partial charge in [0, 0.05) is 15.8 Å². The number of aromatic nitrogens is 1. The molecule has 3 aromatic rings. The fourth-order valence-corrected chi connectivity index (χ4v) is 4.28. The SMILES string of the molecule is COC(=O)c1cc(=O)n(Cc2cccs2)c(=NCc2cccs2)s1. The zero-order valence-electron chi connectivity index (χ0n) is 12.8. The van der Waals surface area contributed by atoms with Crippen molar-refractivity contribution in [2.45, 2.75) is 13.1 Å². The first-order chi connectivity index (χ1) is 11.7. The first kappa shape index (κ1) is 16.8. The van der Waals surface area contributed by atoms with Crippen LogP contribution in [0.2, 0.25) is 0 Å². The summed E-state index contributed by atoms with van der Waals surface area (Å²) in [5.41, 5.74) is -0.257. The molecule has 0 aromatic carbocycles. The van der Waals surface area contributed by atoms with Crippen LogP contribution in [0, 0.1) is 0 Å². The number of rotatable bonds is 5. The molecule has 0 aliphatic carbocycles. The molecule has 0 fully saturated rings. The Bertz CT molecular complexity index is 938. The highest BCUT2D eigenvalue weighted by molar-refractivity contribution is 7.11. The third-order valence-electron chi connectivity index (χ3n) is 3.18. The average molecular weight is 379 g/mol. The maximum atomic E-state index is 12.5. The van der Waals surface area contributed by atoms with Gasteiger partial charge in [-0.25, -0.2) is 4.79 Å². The van der Waals surface area contributed by atoms with Gasteiger partial charge in [-0.1, -0.05) is 23.5 Å². The quantitative estimate of drug-likeness (QED) is 0.641. The van der Waals surface area contributed by atoms with Crippen molar-refractivity contribution in [2.75, 3.05) is 7.11 Å². The number of methoxy groups -OCH3 is 1. The van der Waals surface area contributed by atoms with Gasteiger partial charge in [-0.15, -0.1) is 22.7 Å². The standard InChI is InChI=1S/C16H14N2O3S3/c1-21-15(20)13-8-14(19)18(10-12-5-3-7-23-12)16(24-13)17-9-11-4-2-6-22-11/h2-8H,9-10H2,1H3. The maximum Gasteiger partial charge on any atom is 0.348 e. The number of ether oxygens (including phenoxy) is 1. The molecular formula is C16H14N2O3S3. The summed E-state index contributed by atoms with van der Waals surface area (Å²) in [6.07, 6.45) is 0. The molecule has 8 heteroatoms. The van der Waals surface area contributed by atoms with Crippen LogP contribution in [-0.4, -0.2) is 17.6 Å². The zero-order valence-corrected chi connectivity index (χ0v) is 15.2. The van der Waals surface area contributed by atoms with Gasteiger partial charge >= 0.3 is 5.97 Å². The van der Waals surface area contributed by atoms with E-state index < -0.39 is 5.97 Å². The predicted octanol–water partition coefficient (Wildman–Crippen LogP) is 2.97. The molecule has 0 aliphatic heterocycles. The summed E-state index contributed by atoms with van der Waals surface area (Å²) in [6, 6.07) is 9.18. The lowest BCUT2D eigenvalue weighted by Crippen LogP contribution is -2.33. The predicted molar refractivity (Wildman–Crippen MR) is 96.9 cm³/mol. The monoisotopic (exact) mass is 378 g/mol. The molecule has 0 unspecified atom stereocenters. The summed E-state index contributed by atoms with van der Waals surface area (Å²) in [5.74, 6) is -0.520. The van der Waals surface area contributed by atoms with Crippen molar-refractivity contribution in [1.82, 2.24) is 4.57 Å². The van der Waals surface area contributed by atoms with E-state index in [1.165, 1.54) is 24.5 Å². The smallest absolute Gasteiger partial charge is 0.348 e. The number of hydrogen-bond acceptors (Lipinski definition) is 7. The molecule has 124 valence electrons. The van der Waals surface area contributed by atoms with Crippen molar-refractivity contribution in [3.8, 4) is 0 Å². The van der Waals surface area contributed by atoms with Gasteiger partial charge < -0.3 is 4.74 Å². The Balaban J connectivity index is 2.06. The highest BCUT2D eigenvalue weighted by atomic mass is 32.1. The molecule has 3 aromatic heterocycles. The number of thiophene rings is 2. The van der Waals surface area contributed by atoms with E-state index in [0.717, 1.165) is 9.75 Å². The molecule has 0 N–H and O–H groups in total. The van der Waals surface area contributed by atoms with Crippen LogP contribution in [0.25, 0.3) is 0 Å². The van der Waals surface area contributed by atoms with Crippen molar-refractivity contribution >= 4 is 40.0 Å². The van der Waals surface area contributed by atoms with E-state index in [1.807, 2.05) is 35.0 Å². The Hall–Kier alpha value is -2.03. The van der Waals surface area contributed by atoms with Gasteiger partial charge in [0.15, 0.2) is 4.80 Å². The molecule has 5 nitrogen and oxygen atoms in total. The zero-order chi connectivity index (χ0) is 16.9. The minimum Gasteiger partial charge on any atom is -0.465 e. The van der Waals surface area contributed by atoms with Crippen LogP contribution in [0.15, 0.2) is 50.9 Å². The Morgan fingerprint density at radius 2 is 1.92 bits per heavy atom. The van der Waals surface area contributed by atoms with Gasteiger partial charge in [-0.3, -0.25) is 14.4 Å². The summed E-state index contributed by atoms with van der Waals surface area (Å²) in [5, 5.41) is 3.95. The average Bonchev–Trinajstić information content (AvgIpc) is 3.27. The number of carbonyl (C=O) groups is 1. The van der Waals surface area contributed by atoms with E-state index in [2.05, 4.69) is 4.99 Å². The lowest BCUT2D eigenvalue weighted by atomic mass is 10.4. The number of esters is 1. The molecule has 0 saturated carbocycles. The van der Waals surface area contributed by atoms with Crippen LogP contribution < -0.4 is 10.4 Å². The molecular weight excluding hydrogens is 364 g/mol. The second kappa shape index (κ2) is 7.69. The largest absolute Gasteiger partial charge is 0.465 e. The first-order valence-corrected chi connectivity index (χ1v) is 9.63. The van der Waals surface area contributed by atoms with Crippen LogP contribution in [-0.2, 0) is 17.8 Å². The van der Waals surface area contributed by atoms with Crippen molar-refractivity contribution in [2.24, 2.45) is 4.99 Å². The minimum absolute atomic E-state index is 0.257. The van der Waals surface area contributed by atoms with Gasteiger partial charge in [0.2, 0.25) is 0 Å². The Morgan fingerprint density at radius 3 is 2.54 bits per heavy atom. The third kappa shape index (κ3) is 3.89. The molecule has 0 aliphatic rings. The molecule has 0 bridgehead atoms. The normalized spacial score (nSPS) is 11.6. The molecule has 0 radical (unpaired) electrons. The van der Waals surface area contributed by atoms with E-state index in [9.17, 15) is 9.59 Å². The number of carbonyl (C=O) groups excluding carboxylic acids is 1. The van der Waals surface area contributed by atoms with Crippen molar-refractivity contribution in [1.29, 1.82) is 0 Å². The second-order valence-corrected chi connectivity index (χ2v) is 7.86. The molecule has 0 spiro atoms. The maximum absolute atomic E-state index is 12.5. The summed E-state index contributed by atoms with van der Waals surface area (Å²) in [4.78, 5) is 31.7. The lowest BCUT2D eigenvalue weighted by molar-refractivity contribution is 0.0606. The molecule has 3 rings (SSSR count). The van der Waals surface area contributed by atoms with E-state index in [0.29, 0.717) is 17.9 Å². The van der Waals surface area contributed by atoms with E-state index in [-0.39, 0.29) is 10.4 Å². The van der Waals surface area contributed by atoms with Crippen LogP contribution in [0.4, 0.5) is 0 Å². The van der Waals surface area contributed by atoms with Crippen LogP contribution in [0.3, 0.4) is 0 Å². The van der Waals surface area contributed by atoms with Gasteiger partial charge in [-0.2, -0.15) is 0 Å². The van der Waals surface area contributed by atoms with Crippen LogP contribution >= 0.6 is 34.0 Å². The summed E-state index contributed by atoms with van der Waals surface area (Å²) >= 11 is 4.36. The van der Waals surface area contributed by atoms with E-state index in [1.54, 1.807) is 27.2 Å². The van der Waals surface area contributed by atoms with Gasteiger partial charge in [0.1, 0.15) is 4.88 Å². The molecule has 0 atom stereocenters. The summed E-state index contributed by atoms with van der Waals surface area (Å²) < 4.78 is 6.32. The van der Waals surface area contributed by atoms with Crippen LogP contribution in [0.5, 0.6) is 0 Å². The highest BCUT2D eigenvalue weighted by Crippen LogP contribution is 2.11. The van der Waals surface area contributed by atoms with Gasteiger partial charge in [0.25, 0.3) is 5.56 Å². The van der Waals surface area contributed by atoms with Crippen molar-refractivity contribution in [3.63, 3.8) is 0 Å². The Morgan fingerprint density at radius 1 is 1.21 bits per heavy atom. The van der Waals surface area contributed by atoms with Crippen molar-refractivity contribution < 1.29 is 9.53 Å². The van der Waals surface area contributed by atoms with Crippen LogP contribution in [0.1, 0.15) is 19.4 Å². The molecule has 0 amide bonds. The highest BCUT2D eigenvalue weighted by Gasteiger charge is 2.12. The first-order valence-electron chi connectivity index (χ1n) is 7.06. The minimum atomic E-state index is -0.520. The second-order valence-electron chi connectivity index (χ2n) is 4.78. The van der Waals surface area contributed by atoms with Crippen molar-refractivity contribution in [3.05, 3.63) is 70.9 Å². The molecule has 24 heavy (non-hydrogen) atoms. The topological polar surface area (TPSA) is 60.7 Å². The Labute approximate surface area is 150 Å². The van der Waals surface area contributed by atoms with Gasteiger partial charge in [-0.05, 0) is 22.9 Å². The fourth-order valence-electron chi connectivity index (χ4n) is 2.04. The Kier molecular flexibility index (Phi) is 5.39. The number of hydrogen-bond donors (Lipinski definition) is 0. The summed E-state index contributed by atoms with van der Waals surface area (Å²) in [7, 11) is 1.30. The third-order valence-corrected chi connectivity index (χ3v) is 5.94. The molecule has 0 saturated heterocycles. The van der Waals surface area contributed by atoms with E-state index >= 15 is 0 Å². The number of nitrogens with zero attached hydrogens (tertiary/aromatic N) is 2. The fraction of sp³-hybridized carbons (Fsp3) is 0.188. The van der Waals surface area contributed by atoms with E-state index in [4.69, 9.17) is 4.74 Å².